The molecule has 0 aliphatic carbocycles. The number of nitrogens with zero attached hydrogens (tertiary/aromatic N) is 1. The monoisotopic (exact) mass is 388 g/mol. The molecule has 0 aliphatic heterocycles. The first-order valence-corrected chi connectivity index (χ1v) is 10.4. The Kier molecular flexibility index (Phi) is 6.51. The zero-order valence-corrected chi connectivity index (χ0v) is 16.7. The fourth-order valence-electron chi connectivity index (χ4n) is 2.63. The Morgan fingerprint density at radius 2 is 1.74 bits per heavy atom. The van der Waals surface area contributed by atoms with Crippen LogP contribution in [0.2, 0.25) is 0 Å². The molecule has 144 valence electrons. The lowest BCUT2D eigenvalue weighted by Gasteiger charge is -2.24. The molecule has 0 aliphatic rings. The molecule has 0 saturated carbocycles. The van der Waals surface area contributed by atoms with Gasteiger partial charge in [-0.1, -0.05) is 24.3 Å². The number of sulfone groups is 1. The van der Waals surface area contributed by atoms with E-state index in [1.807, 2.05) is 18.9 Å². The number of nitrogens with one attached hydrogen (secondary N) is 1. The average Bonchev–Trinajstić information content (AvgIpc) is 2.60. The van der Waals surface area contributed by atoms with Gasteiger partial charge in [0.2, 0.25) is 5.91 Å². The van der Waals surface area contributed by atoms with Crippen LogP contribution in [-0.2, 0) is 14.6 Å². The summed E-state index contributed by atoms with van der Waals surface area (Å²) >= 11 is 0. The minimum absolute atomic E-state index is 0.0608. The first kappa shape index (κ1) is 20.8. The summed E-state index contributed by atoms with van der Waals surface area (Å²) in [5, 5.41) is 2.79. The molecule has 0 saturated heterocycles. The molecule has 0 fully saturated rings. The second kappa shape index (κ2) is 8.45. The second-order valence-corrected chi connectivity index (χ2v) is 8.63. The van der Waals surface area contributed by atoms with Crippen molar-refractivity contribution in [2.75, 3.05) is 25.2 Å². The lowest BCUT2D eigenvalue weighted by molar-refractivity contribution is -0.117. The SMILES string of the molecule is CC(=O)c1cccc(NC(=O)CN(C)C(C)c2ccc(S(C)(=O)=O)cc2)c1. The number of rotatable bonds is 7. The number of ketones is 1. The molecule has 7 heteroatoms. The van der Waals surface area contributed by atoms with Crippen LogP contribution in [0.4, 0.5) is 5.69 Å². The fourth-order valence-corrected chi connectivity index (χ4v) is 3.26. The number of anilines is 1. The van der Waals surface area contributed by atoms with Crippen molar-refractivity contribution < 1.29 is 18.0 Å². The number of carbonyl (C=O) groups excluding carboxylic acids is 2. The van der Waals surface area contributed by atoms with Gasteiger partial charge in [0.05, 0.1) is 11.4 Å². The van der Waals surface area contributed by atoms with E-state index in [4.69, 9.17) is 0 Å². The molecule has 0 bridgehead atoms. The highest BCUT2D eigenvalue weighted by molar-refractivity contribution is 7.90. The number of benzene rings is 2. The number of amides is 1. The molecule has 0 spiro atoms. The van der Waals surface area contributed by atoms with Crippen LogP contribution in [0.5, 0.6) is 0 Å². The largest absolute Gasteiger partial charge is 0.325 e. The van der Waals surface area contributed by atoms with Crippen molar-refractivity contribution in [1.29, 1.82) is 0 Å². The van der Waals surface area contributed by atoms with Crippen molar-refractivity contribution in [2.45, 2.75) is 24.8 Å². The van der Waals surface area contributed by atoms with Crippen LogP contribution in [0.25, 0.3) is 0 Å². The molecule has 2 aromatic rings. The number of carbonyl (C=O) groups is 2. The molecule has 0 heterocycles. The number of hydrogen-bond donors (Lipinski definition) is 1. The normalized spacial score (nSPS) is 12.6. The van der Waals surface area contributed by atoms with E-state index >= 15 is 0 Å². The van der Waals surface area contributed by atoms with Crippen LogP contribution in [0.15, 0.2) is 53.4 Å². The van der Waals surface area contributed by atoms with Gasteiger partial charge in [-0.15, -0.1) is 0 Å². The minimum atomic E-state index is -3.23. The van der Waals surface area contributed by atoms with Gasteiger partial charge in [0.15, 0.2) is 15.6 Å². The molecule has 2 rings (SSSR count). The molecule has 1 unspecified atom stereocenters. The summed E-state index contributed by atoms with van der Waals surface area (Å²) in [6.45, 7) is 3.57. The third-order valence-corrected chi connectivity index (χ3v) is 5.53. The Morgan fingerprint density at radius 1 is 1.11 bits per heavy atom. The Labute approximate surface area is 160 Å². The van der Waals surface area contributed by atoms with Crippen molar-refractivity contribution in [2.24, 2.45) is 0 Å². The van der Waals surface area contributed by atoms with Crippen LogP contribution in [0.3, 0.4) is 0 Å². The molecule has 6 nitrogen and oxygen atoms in total. The summed E-state index contributed by atoms with van der Waals surface area (Å²) in [6, 6.07) is 13.4. The van der Waals surface area contributed by atoms with Gasteiger partial charge in [0, 0.05) is 23.5 Å². The van der Waals surface area contributed by atoms with E-state index < -0.39 is 9.84 Å². The summed E-state index contributed by atoms with van der Waals surface area (Å²) in [5.74, 6) is -0.257. The quantitative estimate of drug-likeness (QED) is 0.738. The van der Waals surface area contributed by atoms with Crippen LogP contribution >= 0.6 is 0 Å². The van der Waals surface area contributed by atoms with Crippen molar-refractivity contribution in [3.05, 3.63) is 59.7 Å². The van der Waals surface area contributed by atoms with Gasteiger partial charge in [-0.05, 0) is 50.7 Å². The minimum Gasteiger partial charge on any atom is -0.325 e. The maximum atomic E-state index is 12.3. The topological polar surface area (TPSA) is 83.6 Å². The highest BCUT2D eigenvalue weighted by atomic mass is 32.2. The van der Waals surface area contributed by atoms with Gasteiger partial charge >= 0.3 is 0 Å². The van der Waals surface area contributed by atoms with Crippen molar-refractivity contribution in [3.63, 3.8) is 0 Å². The van der Waals surface area contributed by atoms with E-state index in [-0.39, 0.29) is 29.2 Å². The van der Waals surface area contributed by atoms with E-state index in [9.17, 15) is 18.0 Å². The predicted octanol–water partition coefficient (Wildman–Crippen LogP) is 2.92. The maximum absolute atomic E-state index is 12.3. The summed E-state index contributed by atoms with van der Waals surface area (Å²) < 4.78 is 23.1. The highest BCUT2D eigenvalue weighted by Crippen LogP contribution is 2.21. The molecule has 1 N–H and O–H groups in total. The van der Waals surface area contributed by atoms with Crippen molar-refractivity contribution in [3.8, 4) is 0 Å². The summed E-state index contributed by atoms with van der Waals surface area (Å²) in [4.78, 5) is 25.9. The van der Waals surface area contributed by atoms with Crippen LogP contribution < -0.4 is 5.32 Å². The van der Waals surface area contributed by atoms with Gasteiger partial charge in [-0.3, -0.25) is 14.5 Å². The lowest BCUT2D eigenvalue weighted by Crippen LogP contribution is -2.32. The van der Waals surface area contributed by atoms with Gasteiger partial charge in [0.25, 0.3) is 0 Å². The first-order chi connectivity index (χ1) is 12.6. The second-order valence-electron chi connectivity index (χ2n) is 6.62. The Hall–Kier alpha value is -2.51. The van der Waals surface area contributed by atoms with Gasteiger partial charge < -0.3 is 5.32 Å². The number of likely N-dealkylation sites (N-methyl/N-ethyl adjacent to an activating group) is 1. The van der Waals surface area contributed by atoms with Crippen LogP contribution in [-0.4, -0.2) is 44.9 Å². The lowest BCUT2D eigenvalue weighted by atomic mass is 10.1. The molecule has 1 amide bonds. The van der Waals surface area contributed by atoms with Gasteiger partial charge in [-0.25, -0.2) is 8.42 Å². The number of Topliss-reactive ketones (excluding diaryl/α,β-unsaturated/α-hetero) is 1. The first-order valence-electron chi connectivity index (χ1n) is 8.49. The zero-order valence-electron chi connectivity index (χ0n) is 15.9. The van der Waals surface area contributed by atoms with Gasteiger partial charge in [0.1, 0.15) is 0 Å². The molecule has 2 aromatic carbocycles. The summed E-state index contributed by atoms with van der Waals surface area (Å²) in [6.07, 6.45) is 1.17. The van der Waals surface area contributed by atoms with Gasteiger partial charge in [-0.2, -0.15) is 0 Å². The van der Waals surface area contributed by atoms with E-state index in [1.54, 1.807) is 48.5 Å². The third-order valence-electron chi connectivity index (χ3n) is 4.40. The fraction of sp³-hybridized carbons (Fsp3) is 0.300. The van der Waals surface area contributed by atoms with Crippen LogP contribution in [0.1, 0.15) is 35.8 Å². The average molecular weight is 388 g/mol. The molecule has 27 heavy (non-hydrogen) atoms. The van der Waals surface area contributed by atoms with Crippen LogP contribution in [0, 0.1) is 0 Å². The molecule has 0 aromatic heterocycles. The molecule has 1 atom stereocenters. The zero-order chi connectivity index (χ0) is 20.2. The number of hydrogen-bond acceptors (Lipinski definition) is 5. The Morgan fingerprint density at radius 3 is 2.30 bits per heavy atom. The standard InChI is InChI=1S/C20H24N2O4S/c1-14(16-8-10-19(11-9-16)27(4,25)26)22(3)13-20(24)21-18-7-5-6-17(12-18)15(2)23/h5-12,14H,13H2,1-4H3,(H,21,24). The summed E-state index contributed by atoms with van der Waals surface area (Å²) in [7, 11) is -1.41. The van der Waals surface area contributed by atoms with Crippen molar-refractivity contribution in [1.82, 2.24) is 4.90 Å². The van der Waals surface area contributed by atoms with Crippen molar-refractivity contribution >= 4 is 27.2 Å². The maximum Gasteiger partial charge on any atom is 0.238 e. The summed E-state index contributed by atoms with van der Waals surface area (Å²) in [5.41, 5.74) is 2.03. The van der Waals surface area contributed by atoms with E-state index in [0.717, 1.165) is 5.56 Å². The third kappa shape index (κ3) is 5.74. The Balaban J connectivity index is 2.01. The molecular formula is C20H24N2O4S. The predicted molar refractivity (Wildman–Crippen MR) is 106 cm³/mol. The highest BCUT2D eigenvalue weighted by Gasteiger charge is 2.16. The smallest absolute Gasteiger partial charge is 0.238 e. The van der Waals surface area contributed by atoms with E-state index in [2.05, 4.69) is 5.32 Å². The Bertz CT molecular complexity index is 937. The molecular weight excluding hydrogens is 364 g/mol. The molecule has 0 radical (unpaired) electrons. The van der Waals surface area contributed by atoms with E-state index in [1.165, 1.54) is 13.2 Å². The van der Waals surface area contributed by atoms with E-state index in [0.29, 0.717) is 11.3 Å².